The van der Waals surface area contributed by atoms with Crippen molar-refractivity contribution in [1.29, 1.82) is 0 Å². The third kappa shape index (κ3) is 2.76. The zero-order valence-corrected chi connectivity index (χ0v) is 12.3. The standard InChI is InChI=1S/C17H21N3O/c1-12-5-3-9-17(18,11-12)16(21)20-15-8-2-7-14-13(15)6-4-10-19-14/h2,4,6-8,10,12H,3,5,9,11,18H2,1H3,(H,20,21). The van der Waals surface area contributed by atoms with Crippen molar-refractivity contribution >= 4 is 22.5 Å². The van der Waals surface area contributed by atoms with Crippen molar-refractivity contribution in [3.05, 3.63) is 36.5 Å². The summed E-state index contributed by atoms with van der Waals surface area (Å²) in [6.07, 6.45) is 5.43. The fraction of sp³-hybridized carbons (Fsp3) is 0.412. The molecule has 0 aliphatic heterocycles. The van der Waals surface area contributed by atoms with Gasteiger partial charge in [0.2, 0.25) is 5.91 Å². The first-order valence-electron chi connectivity index (χ1n) is 7.52. The Hall–Kier alpha value is -1.94. The number of hydrogen-bond acceptors (Lipinski definition) is 3. The van der Waals surface area contributed by atoms with Crippen LogP contribution in [0.3, 0.4) is 0 Å². The molecule has 1 aliphatic carbocycles. The zero-order chi connectivity index (χ0) is 14.9. The van der Waals surface area contributed by atoms with E-state index < -0.39 is 5.54 Å². The maximum atomic E-state index is 12.6. The Kier molecular flexibility index (Phi) is 3.64. The van der Waals surface area contributed by atoms with Crippen LogP contribution in [-0.4, -0.2) is 16.4 Å². The molecule has 1 heterocycles. The number of aromatic nitrogens is 1. The summed E-state index contributed by atoms with van der Waals surface area (Å²) in [7, 11) is 0. The van der Waals surface area contributed by atoms with Gasteiger partial charge < -0.3 is 11.1 Å². The molecule has 1 aromatic carbocycles. The van der Waals surface area contributed by atoms with E-state index in [-0.39, 0.29) is 5.91 Å². The smallest absolute Gasteiger partial charge is 0.244 e. The van der Waals surface area contributed by atoms with Gasteiger partial charge in [0.25, 0.3) is 0 Å². The Labute approximate surface area is 124 Å². The third-order valence-corrected chi connectivity index (χ3v) is 4.38. The highest BCUT2D eigenvalue weighted by atomic mass is 16.2. The minimum Gasteiger partial charge on any atom is -0.324 e. The van der Waals surface area contributed by atoms with Gasteiger partial charge >= 0.3 is 0 Å². The van der Waals surface area contributed by atoms with Gasteiger partial charge in [-0.3, -0.25) is 9.78 Å². The van der Waals surface area contributed by atoms with Gasteiger partial charge in [0, 0.05) is 11.6 Å². The highest BCUT2D eigenvalue weighted by Gasteiger charge is 2.38. The van der Waals surface area contributed by atoms with Crippen LogP contribution in [-0.2, 0) is 4.79 Å². The maximum Gasteiger partial charge on any atom is 0.244 e. The van der Waals surface area contributed by atoms with E-state index in [4.69, 9.17) is 5.73 Å². The first kappa shape index (κ1) is 14.0. The summed E-state index contributed by atoms with van der Waals surface area (Å²) >= 11 is 0. The van der Waals surface area contributed by atoms with Crippen molar-refractivity contribution in [2.75, 3.05) is 5.32 Å². The molecule has 1 amide bonds. The number of benzene rings is 1. The lowest BCUT2D eigenvalue weighted by molar-refractivity contribution is -0.122. The summed E-state index contributed by atoms with van der Waals surface area (Å²) in [4.78, 5) is 16.9. The number of rotatable bonds is 2. The third-order valence-electron chi connectivity index (χ3n) is 4.38. The van der Waals surface area contributed by atoms with E-state index in [0.29, 0.717) is 5.92 Å². The molecule has 0 saturated heterocycles. The van der Waals surface area contributed by atoms with Gasteiger partial charge in [-0.25, -0.2) is 0 Å². The molecular formula is C17H21N3O. The maximum absolute atomic E-state index is 12.6. The number of nitrogens with zero attached hydrogens (tertiary/aromatic N) is 1. The van der Waals surface area contributed by atoms with E-state index in [0.717, 1.165) is 42.3 Å². The molecule has 110 valence electrons. The topological polar surface area (TPSA) is 68.0 Å². The Morgan fingerprint density at radius 2 is 2.24 bits per heavy atom. The van der Waals surface area contributed by atoms with Crippen molar-refractivity contribution in [3.8, 4) is 0 Å². The minimum absolute atomic E-state index is 0.0783. The second-order valence-electron chi connectivity index (χ2n) is 6.19. The van der Waals surface area contributed by atoms with Crippen LogP contribution < -0.4 is 11.1 Å². The largest absolute Gasteiger partial charge is 0.324 e. The monoisotopic (exact) mass is 283 g/mol. The van der Waals surface area contributed by atoms with Crippen molar-refractivity contribution in [3.63, 3.8) is 0 Å². The first-order valence-corrected chi connectivity index (χ1v) is 7.52. The molecule has 2 unspecified atom stereocenters. The lowest BCUT2D eigenvalue weighted by atomic mass is 9.76. The summed E-state index contributed by atoms with van der Waals surface area (Å²) in [6, 6.07) is 9.57. The van der Waals surface area contributed by atoms with E-state index in [2.05, 4.69) is 17.2 Å². The van der Waals surface area contributed by atoms with Gasteiger partial charge in [-0.05, 0) is 43.0 Å². The predicted octanol–water partition coefficient (Wildman–Crippen LogP) is 3.08. The molecule has 3 N–H and O–H groups in total. The molecule has 4 nitrogen and oxygen atoms in total. The molecule has 3 rings (SSSR count). The highest BCUT2D eigenvalue weighted by Crippen LogP contribution is 2.32. The first-order chi connectivity index (χ1) is 10.1. The lowest BCUT2D eigenvalue weighted by Gasteiger charge is -2.35. The number of hydrogen-bond donors (Lipinski definition) is 2. The van der Waals surface area contributed by atoms with Gasteiger partial charge in [0.05, 0.1) is 16.7 Å². The minimum atomic E-state index is -0.748. The van der Waals surface area contributed by atoms with Crippen molar-refractivity contribution < 1.29 is 4.79 Å². The van der Waals surface area contributed by atoms with E-state index in [1.807, 2.05) is 30.3 Å². The summed E-state index contributed by atoms with van der Waals surface area (Å²) in [5, 5.41) is 3.96. The Balaban J connectivity index is 1.86. The molecule has 0 spiro atoms. The van der Waals surface area contributed by atoms with Crippen LogP contribution in [0.4, 0.5) is 5.69 Å². The van der Waals surface area contributed by atoms with Crippen molar-refractivity contribution in [2.24, 2.45) is 11.7 Å². The summed E-state index contributed by atoms with van der Waals surface area (Å²) in [6.45, 7) is 2.16. The Morgan fingerprint density at radius 1 is 1.38 bits per heavy atom. The van der Waals surface area contributed by atoms with Crippen LogP contribution in [0, 0.1) is 5.92 Å². The molecule has 2 atom stereocenters. The molecule has 1 fully saturated rings. The molecular weight excluding hydrogens is 262 g/mol. The molecule has 1 saturated carbocycles. The number of amides is 1. The Morgan fingerprint density at radius 3 is 3.05 bits per heavy atom. The highest BCUT2D eigenvalue weighted by molar-refractivity contribution is 6.04. The Bertz CT molecular complexity index is 665. The number of anilines is 1. The second kappa shape index (κ2) is 5.45. The fourth-order valence-electron chi connectivity index (χ4n) is 3.26. The molecule has 0 bridgehead atoms. The lowest BCUT2D eigenvalue weighted by Crippen LogP contribution is -2.53. The fourth-order valence-corrected chi connectivity index (χ4v) is 3.26. The van der Waals surface area contributed by atoms with Crippen molar-refractivity contribution in [2.45, 2.75) is 38.1 Å². The van der Waals surface area contributed by atoms with Crippen LogP contribution in [0.5, 0.6) is 0 Å². The second-order valence-corrected chi connectivity index (χ2v) is 6.19. The number of nitrogens with two attached hydrogens (primary N) is 1. The average molecular weight is 283 g/mol. The summed E-state index contributed by atoms with van der Waals surface area (Å²) in [5.41, 5.74) is 7.27. The van der Waals surface area contributed by atoms with Crippen LogP contribution in [0.15, 0.2) is 36.5 Å². The SMILES string of the molecule is CC1CCCC(N)(C(=O)Nc2cccc3ncccc23)C1. The molecule has 4 heteroatoms. The predicted molar refractivity (Wildman–Crippen MR) is 84.9 cm³/mol. The molecule has 2 aromatic rings. The van der Waals surface area contributed by atoms with Gasteiger partial charge in [0.15, 0.2) is 0 Å². The van der Waals surface area contributed by atoms with Crippen LogP contribution in [0.25, 0.3) is 10.9 Å². The average Bonchev–Trinajstić information content (AvgIpc) is 2.47. The molecule has 0 radical (unpaired) electrons. The number of fused-ring (bicyclic) bond motifs is 1. The van der Waals surface area contributed by atoms with E-state index >= 15 is 0 Å². The van der Waals surface area contributed by atoms with Gasteiger partial charge in [-0.2, -0.15) is 0 Å². The van der Waals surface area contributed by atoms with Crippen molar-refractivity contribution in [1.82, 2.24) is 4.98 Å². The number of pyridine rings is 1. The van der Waals surface area contributed by atoms with Gasteiger partial charge in [0.1, 0.15) is 0 Å². The normalized spacial score (nSPS) is 25.7. The van der Waals surface area contributed by atoms with Crippen LogP contribution in [0.2, 0.25) is 0 Å². The molecule has 1 aromatic heterocycles. The number of carbonyl (C=O) groups is 1. The number of carbonyl (C=O) groups excluding carboxylic acids is 1. The van der Waals surface area contributed by atoms with Crippen LogP contribution in [0.1, 0.15) is 32.6 Å². The summed E-state index contributed by atoms with van der Waals surface area (Å²) in [5.74, 6) is 0.425. The molecule has 21 heavy (non-hydrogen) atoms. The quantitative estimate of drug-likeness (QED) is 0.890. The van der Waals surface area contributed by atoms with Crippen LogP contribution >= 0.6 is 0 Å². The number of nitrogens with one attached hydrogen (secondary N) is 1. The van der Waals surface area contributed by atoms with E-state index in [1.54, 1.807) is 6.20 Å². The van der Waals surface area contributed by atoms with E-state index in [1.165, 1.54) is 0 Å². The van der Waals surface area contributed by atoms with E-state index in [9.17, 15) is 4.79 Å². The molecule has 1 aliphatic rings. The van der Waals surface area contributed by atoms with Gasteiger partial charge in [-0.1, -0.05) is 25.8 Å². The summed E-state index contributed by atoms with van der Waals surface area (Å²) < 4.78 is 0. The zero-order valence-electron chi connectivity index (χ0n) is 12.3. The van der Waals surface area contributed by atoms with Gasteiger partial charge in [-0.15, -0.1) is 0 Å².